The van der Waals surface area contributed by atoms with Crippen molar-refractivity contribution in [1.82, 2.24) is 35.5 Å². The van der Waals surface area contributed by atoms with E-state index in [4.69, 9.17) is 14.5 Å². The first kappa shape index (κ1) is 46.2. The number of aromatic nitrogens is 2. The van der Waals surface area contributed by atoms with Crippen molar-refractivity contribution >= 4 is 34.6 Å². The van der Waals surface area contributed by atoms with Crippen LogP contribution in [0.1, 0.15) is 97.1 Å². The molecule has 4 N–H and O–H groups in total. The number of benzene rings is 2. The van der Waals surface area contributed by atoms with Crippen LogP contribution in [0.25, 0.3) is 33.3 Å². The van der Waals surface area contributed by atoms with Crippen molar-refractivity contribution in [1.29, 1.82) is 0 Å². The smallest absolute Gasteiger partial charge is 0.327 e. The number of hydrogen-bond donors (Lipinski definition) is 4. The summed E-state index contributed by atoms with van der Waals surface area (Å²) in [6, 6.07) is 13.7. The lowest BCUT2D eigenvalue weighted by molar-refractivity contribution is -0.162. The van der Waals surface area contributed by atoms with E-state index in [0.29, 0.717) is 37.9 Å². The van der Waals surface area contributed by atoms with Gasteiger partial charge < -0.3 is 34.7 Å². The minimum Gasteiger partial charge on any atom is -0.508 e. The van der Waals surface area contributed by atoms with Gasteiger partial charge in [0.05, 0.1) is 24.1 Å². The molecule has 14 heteroatoms. The van der Waals surface area contributed by atoms with Gasteiger partial charge in [0.15, 0.2) is 0 Å². The second kappa shape index (κ2) is 17.8. The fraction of sp³-hybridized carbons (Fsp3) is 0.549. The van der Waals surface area contributed by atoms with E-state index in [1.807, 2.05) is 39.0 Å². The fourth-order valence-electron chi connectivity index (χ4n) is 10.8. The van der Waals surface area contributed by atoms with Crippen LogP contribution in [0, 0.1) is 22.7 Å². The number of ether oxygens (including phenoxy) is 2. The molecule has 3 aliphatic heterocycles. The van der Waals surface area contributed by atoms with Gasteiger partial charge in [-0.25, -0.2) is 10.2 Å². The maximum absolute atomic E-state index is 14.8. The molecule has 4 aliphatic rings. The molecular formula is C51H67N7O7. The van der Waals surface area contributed by atoms with E-state index < -0.39 is 40.8 Å². The van der Waals surface area contributed by atoms with Crippen molar-refractivity contribution in [3.63, 3.8) is 0 Å². The Balaban J connectivity index is 1.22. The van der Waals surface area contributed by atoms with Crippen molar-refractivity contribution in [3.8, 4) is 28.1 Å². The second-order valence-corrected chi connectivity index (χ2v) is 20.4. The number of esters is 1. The summed E-state index contributed by atoms with van der Waals surface area (Å²) in [5, 5.41) is 20.3. The molecular weight excluding hydrogens is 823 g/mol. The number of carbonyl (C=O) groups excluding carboxylic acids is 4. The van der Waals surface area contributed by atoms with Gasteiger partial charge in [-0.3, -0.25) is 24.4 Å². The minimum absolute atomic E-state index is 0.0165. The van der Waals surface area contributed by atoms with Crippen LogP contribution in [0.2, 0.25) is 0 Å². The number of nitrogens with one attached hydrogen (secondary N) is 3. The van der Waals surface area contributed by atoms with Crippen LogP contribution in [0.5, 0.6) is 5.75 Å². The van der Waals surface area contributed by atoms with Gasteiger partial charge in [0.25, 0.3) is 5.91 Å². The maximum Gasteiger partial charge on any atom is 0.327 e. The molecule has 5 heterocycles. The van der Waals surface area contributed by atoms with Crippen molar-refractivity contribution in [2.75, 3.05) is 40.4 Å². The van der Waals surface area contributed by atoms with Gasteiger partial charge in [-0.15, -0.1) is 0 Å². The Labute approximate surface area is 382 Å². The van der Waals surface area contributed by atoms with Crippen LogP contribution in [0.3, 0.4) is 0 Å². The number of fused-ring (bicyclic) bond motifs is 6. The predicted octanol–water partition coefficient (Wildman–Crippen LogP) is 6.32. The highest BCUT2D eigenvalue weighted by molar-refractivity contribution is 5.96. The third-order valence-electron chi connectivity index (χ3n) is 14.5. The van der Waals surface area contributed by atoms with Gasteiger partial charge >= 0.3 is 5.97 Å². The molecule has 14 nitrogen and oxygen atoms in total. The fourth-order valence-corrected chi connectivity index (χ4v) is 10.8. The van der Waals surface area contributed by atoms with E-state index in [-0.39, 0.29) is 48.0 Å². The van der Waals surface area contributed by atoms with Gasteiger partial charge in [-0.1, -0.05) is 39.8 Å². The first-order valence-electron chi connectivity index (χ1n) is 23.4. The Kier molecular flexibility index (Phi) is 12.7. The summed E-state index contributed by atoms with van der Waals surface area (Å²) >= 11 is 0. The molecule has 6 atom stereocenters. The lowest BCUT2D eigenvalue weighted by Crippen LogP contribution is -2.66. The summed E-state index contributed by atoms with van der Waals surface area (Å²) in [6.07, 6.45) is 4.78. The molecule has 2 aromatic carbocycles. The molecule has 3 fully saturated rings. The third-order valence-corrected chi connectivity index (χ3v) is 14.5. The molecule has 3 amide bonds. The van der Waals surface area contributed by atoms with Gasteiger partial charge in [-0.2, -0.15) is 0 Å². The van der Waals surface area contributed by atoms with Gasteiger partial charge in [0.2, 0.25) is 11.8 Å². The van der Waals surface area contributed by atoms with E-state index >= 15 is 0 Å². The van der Waals surface area contributed by atoms with Gasteiger partial charge in [-0.05, 0) is 129 Å². The standard InChI is InChI=1S/C51H67N7O7/c1-10-57-41-15-14-33-25-37(41)38(44(57)36-13-11-18-53-42(36)31(4)64-9)26-49(5,6)29-65-48(63)50(7)16-12-20-58(55-50)47(62)40(23-32-21-34(33)24-35(59)22-32)54-45(60)43(30(2)3)56(8)46(61)39-27-51(39)17-19-52-28-51/h11,13-15,18,21-22,24-25,30-31,39-40,43,52,55,59H,10,12,16-17,19-20,23,26-29H2,1-9H3,(H,54,60)/t31-,39?,40-,43-,50+,51?/m0/s1. The monoisotopic (exact) mass is 890 g/mol. The molecule has 1 saturated carbocycles. The van der Waals surface area contributed by atoms with E-state index in [9.17, 15) is 24.3 Å². The lowest BCUT2D eigenvalue weighted by atomic mass is 9.84. The Hall–Kier alpha value is -5.31. The van der Waals surface area contributed by atoms with Crippen molar-refractivity contribution in [2.45, 2.75) is 117 Å². The first-order valence-corrected chi connectivity index (χ1v) is 23.4. The quantitative estimate of drug-likeness (QED) is 0.140. The van der Waals surface area contributed by atoms with Crippen LogP contribution in [-0.2, 0) is 48.0 Å². The maximum atomic E-state index is 14.8. The molecule has 0 radical (unpaired) electrons. The summed E-state index contributed by atoms with van der Waals surface area (Å²) in [5.74, 6) is -1.79. The number of amides is 3. The molecule has 2 aromatic heterocycles. The number of cyclic esters (lactones) is 1. The summed E-state index contributed by atoms with van der Waals surface area (Å²) in [5.41, 5.74) is 8.52. The molecule has 6 bridgehead atoms. The predicted molar refractivity (Wildman–Crippen MR) is 249 cm³/mol. The molecule has 2 saturated heterocycles. The number of phenolic OH excluding ortho intramolecular Hbond substituents is 1. The SMILES string of the molecule is CCn1c(-c2cccnc2[C@H](C)OC)c2c3cc(ccc31)-c1cc(O)cc(c1)C[C@H](NC(=O)[C@H](C(C)C)N(C)C(=O)C1CC13CCNC3)C(=O)N1CCC[C@@](C)(N1)C(=O)OCC(C)(C)C2. The van der Waals surface area contributed by atoms with Crippen LogP contribution in [-0.4, -0.2) is 106 Å². The highest BCUT2D eigenvalue weighted by Gasteiger charge is 2.60. The van der Waals surface area contributed by atoms with Crippen molar-refractivity contribution in [2.24, 2.45) is 22.7 Å². The minimum atomic E-state index is -1.23. The van der Waals surface area contributed by atoms with E-state index in [1.165, 1.54) is 5.01 Å². The summed E-state index contributed by atoms with van der Waals surface area (Å²) in [7, 11) is 3.37. The zero-order chi connectivity index (χ0) is 46.6. The number of aromatic hydroxyl groups is 1. The van der Waals surface area contributed by atoms with E-state index in [1.54, 1.807) is 44.3 Å². The number of phenols is 1. The summed E-state index contributed by atoms with van der Waals surface area (Å²) < 4.78 is 14.3. The highest BCUT2D eigenvalue weighted by atomic mass is 16.5. The van der Waals surface area contributed by atoms with Crippen LogP contribution in [0.4, 0.5) is 0 Å². The Morgan fingerprint density at radius 1 is 1.08 bits per heavy atom. The topological polar surface area (TPSA) is 167 Å². The van der Waals surface area contributed by atoms with Crippen LogP contribution in [0.15, 0.2) is 54.7 Å². The normalized spacial score (nSPS) is 25.3. The average molecular weight is 890 g/mol. The number of carbonyl (C=O) groups is 4. The first-order chi connectivity index (χ1) is 30.9. The van der Waals surface area contributed by atoms with E-state index in [0.717, 1.165) is 70.5 Å². The Morgan fingerprint density at radius 3 is 2.57 bits per heavy atom. The largest absolute Gasteiger partial charge is 0.508 e. The third kappa shape index (κ3) is 8.89. The van der Waals surface area contributed by atoms with Crippen LogP contribution < -0.4 is 16.1 Å². The molecule has 348 valence electrons. The van der Waals surface area contributed by atoms with Crippen molar-refractivity contribution < 1.29 is 33.8 Å². The summed E-state index contributed by atoms with van der Waals surface area (Å²) in [6.45, 7) is 16.6. The molecule has 1 aliphatic carbocycles. The molecule has 4 aromatic rings. The number of nitrogens with zero attached hydrogens (tertiary/aromatic N) is 4. The summed E-state index contributed by atoms with van der Waals surface area (Å²) in [4.78, 5) is 64.0. The van der Waals surface area contributed by atoms with Gasteiger partial charge in [0.1, 0.15) is 23.4 Å². The second-order valence-electron chi connectivity index (χ2n) is 20.4. The average Bonchev–Trinajstić information content (AvgIpc) is 3.62. The Morgan fingerprint density at radius 2 is 1.86 bits per heavy atom. The number of rotatable bonds is 9. The highest BCUT2D eigenvalue weighted by Crippen LogP contribution is 2.57. The number of hydrogen-bond acceptors (Lipinski definition) is 10. The molecule has 65 heavy (non-hydrogen) atoms. The molecule has 1 spiro atoms. The molecule has 8 rings (SSSR count). The van der Waals surface area contributed by atoms with Gasteiger partial charge in [0, 0.05) is 74.2 Å². The number of methoxy groups -OCH3 is 1. The van der Waals surface area contributed by atoms with E-state index in [2.05, 4.69) is 59.6 Å². The lowest BCUT2D eigenvalue weighted by Gasteiger charge is -2.41. The van der Waals surface area contributed by atoms with Crippen molar-refractivity contribution in [3.05, 3.63) is 71.5 Å². The Bertz CT molecular complexity index is 2490. The van der Waals surface area contributed by atoms with Crippen LogP contribution >= 0.6 is 0 Å². The zero-order valence-corrected chi connectivity index (χ0v) is 39.5. The number of hydrazine groups is 1. The number of aryl methyl sites for hydroxylation is 1. The number of pyridine rings is 1. The zero-order valence-electron chi connectivity index (χ0n) is 39.5. The number of likely N-dealkylation sites (N-methyl/N-ethyl adjacent to an activating group) is 1. The molecule has 2 unspecified atom stereocenters.